The van der Waals surface area contributed by atoms with Gasteiger partial charge in [0.2, 0.25) is 0 Å². The molecular formula is C18H23ClN2O4S. The van der Waals surface area contributed by atoms with Gasteiger partial charge >= 0.3 is 5.97 Å². The van der Waals surface area contributed by atoms with Crippen LogP contribution in [-0.4, -0.2) is 48.5 Å². The summed E-state index contributed by atoms with van der Waals surface area (Å²) in [6, 6.07) is 5.68. The van der Waals surface area contributed by atoms with Crippen LogP contribution in [0.2, 0.25) is 5.02 Å². The second kappa shape index (κ2) is 11.6. The van der Waals surface area contributed by atoms with E-state index in [1.165, 1.54) is 24.8 Å². The number of amides is 2. The van der Waals surface area contributed by atoms with Crippen LogP contribution < -0.4 is 10.6 Å². The molecule has 0 radical (unpaired) electrons. The second-order valence-corrected chi connectivity index (χ2v) is 6.79. The number of thioether (sulfide) groups is 1. The van der Waals surface area contributed by atoms with Crippen LogP contribution in [0.3, 0.4) is 0 Å². The first-order valence-electron chi connectivity index (χ1n) is 8.04. The van der Waals surface area contributed by atoms with E-state index in [4.69, 9.17) is 16.3 Å². The summed E-state index contributed by atoms with van der Waals surface area (Å²) in [4.78, 5) is 36.6. The molecule has 0 spiro atoms. The lowest BCUT2D eigenvalue weighted by molar-refractivity contribution is -0.156. The second-order valence-electron chi connectivity index (χ2n) is 5.40. The number of benzene rings is 1. The van der Waals surface area contributed by atoms with Crippen LogP contribution in [0.5, 0.6) is 0 Å². The number of nitrogens with one attached hydrogen (secondary N) is 2. The smallest absolute Gasteiger partial charge is 0.329 e. The number of rotatable bonds is 10. The van der Waals surface area contributed by atoms with Gasteiger partial charge in [-0.1, -0.05) is 29.8 Å². The zero-order valence-corrected chi connectivity index (χ0v) is 16.4. The number of halogens is 1. The molecule has 2 amide bonds. The van der Waals surface area contributed by atoms with Crippen molar-refractivity contribution in [1.29, 1.82) is 0 Å². The van der Waals surface area contributed by atoms with Crippen LogP contribution in [0.4, 0.5) is 0 Å². The van der Waals surface area contributed by atoms with E-state index < -0.39 is 29.9 Å². The van der Waals surface area contributed by atoms with E-state index in [9.17, 15) is 14.4 Å². The van der Waals surface area contributed by atoms with Crippen LogP contribution >= 0.6 is 23.4 Å². The third kappa shape index (κ3) is 7.09. The van der Waals surface area contributed by atoms with Gasteiger partial charge in [0.15, 0.2) is 6.10 Å². The Bertz CT molecular complexity index is 654. The van der Waals surface area contributed by atoms with Crippen LogP contribution in [-0.2, 0) is 14.3 Å². The maximum Gasteiger partial charge on any atom is 0.329 e. The average Bonchev–Trinajstić information content (AvgIpc) is 2.62. The van der Waals surface area contributed by atoms with Gasteiger partial charge in [0, 0.05) is 6.54 Å². The molecule has 0 aromatic heterocycles. The maximum atomic E-state index is 12.4. The molecule has 0 unspecified atom stereocenters. The van der Waals surface area contributed by atoms with Crippen molar-refractivity contribution < 1.29 is 19.1 Å². The van der Waals surface area contributed by atoms with Gasteiger partial charge in [-0.2, -0.15) is 11.8 Å². The number of ether oxygens (including phenoxy) is 1. The highest BCUT2D eigenvalue weighted by Gasteiger charge is 2.26. The topological polar surface area (TPSA) is 84.5 Å². The Morgan fingerprint density at radius 1 is 1.35 bits per heavy atom. The standard InChI is InChI=1S/C18H23ClN2O4S/c1-4-10-20-16(22)12(2)25-18(24)15(9-11-26-3)21-17(23)13-7-5-6-8-14(13)19/h4-8,12,15H,1,9-11H2,2-3H3,(H,20,22)(H,21,23)/t12-,15-/m0/s1. The highest BCUT2D eigenvalue weighted by atomic mass is 35.5. The molecule has 0 fully saturated rings. The number of hydrogen-bond donors (Lipinski definition) is 2. The minimum absolute atomic E-state index is 0.271. The first kappa shape index (κ1) is 22.1. The number of carbonyl (C=O) groups is 3. The summed E-state index contributed by atoms with van der Waals surface area (Å²) in [5, 5.41) is 5.48. The van der Waals surface area contributed by atoms with Crippen molar-refractivity contribution in [2.75, 3.05) is 18.6 Å². The molecule has 0 bridgehead atoms. The zero-order valence-electron chi connectivity index (χ0n) is 14.8. The largest absolute Gasteiger partial charge is 0.451 e. The Morgan fingerprint density at radius 2 is 2.04 bits per heavy atom. The van der Waals surface area contributed by atoms with E-state index in [1.807, 2.05) is 6.26 Å². The van der Waals surface area contributed by atoms with E-state index >= 15 is 0 Å². The van der Waals surface area contributed by atoms with Crippen molar-refractivity contribution in [1.82, 2.24) is 10.6 Å². The molecule has 1 aromatic rings. The molecule has 6 nitrogen and oxygen atoms in total. The van der Waals surface area contributed by atoms with E-state index in [1.54, 1.807) is 24.3 Å². The van der Waals surface area contributed by atoms with Crippen LogP contribution in [0.1, 0.15) is 23.7 Å². The monoisotopic (exact) mass is 398 g/mol. The molecule has 0 aliphatic carbocycles. The van der Waals surface area contributed by atoms with Crippen molar-refractivity contribution in [3.63, 3.8) is 0 Å². The number of carbonyl (C=O) groups excluding carboxylic acids is 3. The molecule has 26 heavy (non-hydrogen) atoms. The molecular weight excluding hydrogens is 376 g/mol. The Balaban J connectivity index is 2.77. The van der Waals surface area contributed by atoms with Gasteiger partial charge in [-0.3, -0.25) is 9.59 Å². The summed E-state index contributed by atoms with van der Waals surface area (Å²) in [5.41, 5.74) is 0.271. The molecule has 0 aliphatic rings. The highest BCUT2D eigenvalue weighted by Crippen LogP contribution is 2.15. The first-order valence-corrected chi connectivity index (χ1v) is 9.81. The summed E-state index contributed by atoms with van der Waals surface area (Å²) >= 11 is 7.55. The molecule has 0 aliphatic heterocycles. The molecule has 142 valence electrons. The van der Waals surface area contributed by atoms with Crippen LogP contribution in [0, 0.1) is 0 Å². The van der Waals surface area contributed by atoms with Crippen LogP contribution in [0.15, 0.2) is 36.9 Å². The minimum atomic E-state index is -0.976. The Morgan fingerprint density at radius 3 is 2.65 bits per heavy atom. The fourth-order valence-corrected chi connectivity index (χ4v) is 2.69. The third-order valence-electron chi connectivity index (χ3n) is 3.40. The van der Waals surface area contributed by atoms with E-state index in [2.05, 4.69) is 17.2 Å². The molecule has 8 heteroatoms. The quantitative estimate of drug-likeness (QED) is 0.467. The van der Waals surface area contributed by atoms with Crippen molar-refractivity contribution in [2.45, 2.75) is 25.5 Å². The van der Waals surface area contributed by atoms with E-state index in [0.29, 0.717) is 17.2 Å². The molecule has 0 saturated heterocycles. The van der Waals surface area contributed by atoms with Gasteiger partial charge in [-0.15, -0.1) is 6.58 Å². The normalized spacial score (nSPS) is 12.6. The fraction of sp³-hybridized carbons (Fsp3) is 0.389. The van der Waals surface area contributed by atoms with Gasteiger partial charge in [0.05, 0.1) is 10.6 Å². The van der Waals surface area contributed by atoms with Crippen LogP contribution in [0.25, 0.3) is 0 Å². The van der Waals surface area contributed by atoms with Crippen molar-refractivity contribution in [3.05, 3.63) is 47.5 Å². The maximum absolute atomic E-state index is 12.4. The van der Waals surface area contributed by atoms with Gasteiger partial charge < -0.3 is 15.4 Å². The lowest BCUT2D eigenvalue weighted by Gasteiger charge is -2.20. The van der Waals surface area contributed by atoms with E-state index in [-0.39, 0.29) is 12.1 Å². The van der Waals surface area contributed by atoms with Gasteiger partial charge in [0.1, 0.15) is 6.04 Å². The molecule has 0 heterocycles. The van der Waals surface area contributed by atoms with Gasteiger partial charge in [0.25, 0.3) is 11.8 Å². The Hall–Kier alpha value is -1.99. The number of esters is 1. The van der Waals surface area contributed by atoms with Crippen molar-refractivity contribution >= 4 is 41.1 Å². The molecule has 1 rings (SSSR count). The summed E-state index contributed by atoms with van der Waals surface area (Å²) < 4.78 is 5.19. The van der Waals surface area contributed by atoms with Gasteiger partial charge in [-0.05, 0) is 37.5 Å². The molecule has 2 N–H and O–H groups in total. The van der Waals surface area contributed by atoms with E-state index in [0.717, 1.165) is 0 Å². The zero-order chi connectivity index (χ0) is 19.5. The third-order valence-corrected chi connectivity index (χ3v) is 4.38. The molecule has 1 aromatic carbocycles. The fourth-order valence-electron chi connectivity index (χ4n) is 1.99. The predicted octanol–water partition coefficient (Wildman–Crippen LogP) is 2.43. The summed E-state index contributed by atoms with van der Waals surface area (Å²) in [6.45, 7) is 5.25. The SMILES string of the molecule is C=CCNC(=O)[C@H](C)OC(=O)[C@H](CCSC)NC(=O)c1ccccc1Cl. The highest BCUT2D eigenvalue weighted by molar-refractivity contribution is 7.98. The van der Waals surface area contributed by atoms with Gasteiger partial charge in [-0.25, -0.2) is 4.79 Å². The Labute approximate surface area is 162 Å². The summed E-state index contributed by atoms with van der Waals surface area (Å²) in [5.74, 6) is -0.929. The average molecular weight is 399 g/mol. The lowest BCUT2D eigenvalue weighted by Crippen LogP contribution is -2.45. The summed E-state index contributed by atoms with van der Waals surface area (Å²) in [6.07, 6.45) is 2.81. The van der Waals surface area contributed by atoms with Crippen molar-refractivity contribution in [2.24, 2.45) is 0 Å². The predicted molar refractivity (Wildman–Crippen MR) is 104 cm³/mol. The Kier molecular flexibility index (Phi) is 9.83. The van der Waals surface area contributed by atoms with Crippen molar-refractivity contribution in [3.8, 4) is 0 Å². The molecule has 0 saturated carbocycles. The lowest BCUT2D eigenvalue weighted by atomic mass is 10.1. The molecule has 2 atom stereocenters. The summed E-state index contributed by atoms with van der Waals surface area (Å²) in [7, 11) is 0. The first-order chi connectivity index (χ1) is 12.4. The minimum Gasteiger partial charge on any atom is -0.451 e. The number of hydrogen-bond acceptors (Lipinski definition) is 5.